The second-order valence-electron chi connectivity index (χ2n) is 7.44. The number of aromatic amines is 1. The van der Waals surface area contributed by atoms with E-state index in [1.807, 2.05) is 68.4 Å². The lowest BCUT2D eigenvalue weighted by molar-refractivity contribution is 0.662. The van der Waals surface area contributed by atoms with Crippen molar-refractivity contribution in [2.75, 3.05) is 0 Å². The number of aryl methyl sites for hydroxylation is 2. The molecule has 0 spiro atoms. The number of nitrogens with zero attached hydrogens (tertiary/aromatic N) is 6. The number of H-pyrrole nitrogens is 1. The molecular formula is C23H20ClN7O. The average Bonchev–Trinajstić information content (AvgIpc) is 3.35. The molecule has 2 aromatic carbocycles. The van der Waals surface area contributed by atoms with E-state index in [2.05, 4.69) is 25.4 Å². The number of rotatable bonds is 5. The lowest BCUT2D eigenvalue weighted by atomic mass is 10.1. The molecule has 0 amide bonds. The van der Waals surface area contributed by atoms with Gasteiger partial charge < -0.3 is 0 Å². The molecule has 0 unspecified atom stereocenters. The first-order chi connectivity index (χ1) is 15.6. The second-order valence-corrected chi connectivity index (χ2v) is 7.85. The minimum absolute atomic E-state index is 0.198. The highest BCUT2D eigenvalue weighted by Crippen LogP contribution is 2.26. The van der Waals surface area contributed by atoms with Crippen molar-refractivity contribution in [2.24, 2.45) is 0 Å². The summed E-state index contributed by atoms with van der Waals surface area (Å²) in [6.45, 7) is 4.24. The third-order valence-electron chi connectivity index (χ3n) is 5.33. The molecule has 160 valence electrons. The molecule has 5 rings (SSSR count). The smallest absolute Gasteiger partial charge is 0.281 e. The number of hydrogen-bond acceptors (Lipinski definition) is 5. The Labute approximate surface area is 188 Å². The fourth-order valence-electron chi connectivity index (χ4n) is 3.71. The minimum Gasteiger partial charge on any atom is -0.295 e. The fourth-order valence-corrected chi connectivity index (χ4v) is 3.91. The number of para-hydroxylation sites is 1. The van der Waals surface area contributed by atoms with Gasteiger partial charge in [-0.2, -0.15) is 0 Å². The van der Waals surface area contributed by atoms with Crippen molar-refractivity contribution >= 4 is 22.8 Å². The van der Waals surface area contributed by atoms with E-state index < -0.39 is 0 Å². The first-order valence-corrected chi connectivity index (χ1v) is 10.7. The van der Waals surface area contributed by atoms with E-state index in [1.165, 1.54) is 4.68 Å². The van der Waals surface area contributed by atoms with Crippen molar-refractivity contribution in [1.82, 2.24) is 34.7 Å². The molecule has 0 fully saturated rings. The van der Waals surface area contributed by atoms with E-state index >= 15 is 0 Å². The lowest BCUT2D eigenvalue weighted by Gasteiger charge is -2.06. The molecule has 8 nitrogen and oxygen atoms in total. The highest BCUT2D eigenvalue weighted by Gasteiger charge is 2.22. The highest BCUT2D eigenvalue weighted by atomic mass is 35.5. The average molecular weight is 446 g/mol. The second kappa shape index (κ2) is 8.05. The number of benzene rings is 2. The Morgan fingerprint density at radius 2 is 1.78 bits per heavy atom. The predicted octanol–water partition coefficient (Wildman–Crippen LogP) is 3.94. The molecule has 0 atom stereocenters. The van der Waals surface area contributed by atoms with Crippen LogP contribution in [0.3, 0.4) is 0 Å². The Morgan fingerprint density at radius 1 is 1.03 bits per heavy atom. The summed E-state index contributed by atoms with van der Waals surface area (Å²) in [4.78, 5) is 22.7. The highest BCUT2D eigenvalue weighted by molar-refractivity contribution is 6.31. The number of halogens is 1. The van der Waals surface area contributed by atoms with E-state index in [4.69, 9.17) is 11.6 Å². The van der Waals surface area contributed by atoms with Gasteiger partial charge in [0.1, 0.15) is 11.5 Å². The van der Waals surface area contributed by atoms with Crippen LogP contribution in [0.4, 0.5) is 0 Å². The van der Waals surface area contributed by atoms with Crippen LogP contribution in [0.2, 0.25) is 5.02 Å². The SMILES string of the molecule is CCc1nc(-c2c(C)[nH]n(-c3ccccc3)c2=O)c2nnn(Cc3ccccc3Cl)c2n1. The van der Waals surface area contributed by atoms with Gasteiger partial charge in [-0.25, -0.2) is 19.3 Å². The van der Waals surface area contributed by atoms with E-state index in [1.54, 1.807) is 4.68 Å². The van der Waals surface area contributed by atoms with Crippen LogP contribution < -0.4 is 5.56 Å². The van der Waals surface area contributed by atoms with Gasteiger partial charge in [0.05, 0.1) is 17.8 Å². The van der Waals surface area contributed by atoms with E-state index in [0.29, 0.717) is 51.9 Å². The summed E-state index contributed by atoms with van der Waals surface area (Å²) < 4.78 is 3.21. The normalized spacial score (nSPS) is 11.3. The van der Waals surface area contributed by atoms with E-state index in [-0.39, 0.29) is 5.56 Å². The molecule has 0 aliphatic rings. The summed E-state index contributed by atoms with van der Waals surface area (Å²) in [5.74, 6) is 0.612. The van der Waals surface area contributed by atoms with Gasteiger partial charge in [-0.05, 0) is 30.7 Å². The van der Waals surface area contributed by atoms with Crippen LogP contribution in [0.1, 0.15) is 24.0 Å². The molecule has 0 saturated heterocycles. The summed E-state index contributed by atoms with van der Waals surface area (Å²) in [6.07, 6.45) is 0.608. The summed E-state index contributed by atoms with van der Waals surface area (Å²) in [5.41, 5.74) is 4.13. The topological polar surface area (TPSA) is 94.3 Å². The van der Waals surface area contributed by atoms with Crippen LogP contribution in [-0.4, -0.2) is 34.7 Å². The summed E-state index contributed by atoms with van der Waals surface area (Å²) in [7, 11) is 0. The van der Waals surface area contributed by atoms with Gasteiger partial charge in [0.15, 0.2) is 11.2 Å². The number of aromatic nitrogens is 7. The van der Waals surface area contributed by atoms with Crippen LogP contribution in [0, 0.1) is 6.92 Å². The van der Waals surface area contributed by atoms with Gasteiger partial charge in [0, 0.05) is 17.1 Å². The molecule has 0 aliphatic heterocycles. The number of fused-ring (bicyclic) bond motifs is 1. The maximum Gasteiger partial charge on any atom is 0.281 e. The molecule has 1 N–H and O–H groups in total. The van der Waals surface area contributed by atoms with Crippen LogP contribution in [0.5, 0.6) is 0 Å². The molecule has 0 saturated carbocycles. The van der Waals surface area contributed by atoms with E-state index in [0.717, 1.165) is 11.3 Å². The largest absolute Gasteiger partial charge is 0.295 e. The third-order valence-corrected chi connectivity index (χ3v) is 5.69. The molecule has 0 aliphatic carbocycles. The van der Waals surface area contributed by atoms with Crippen LogP contribution in [0.25, 0.3) is 28.1 Å². The van der Waals surface area contributed by atoms with Crippen molar-refractivity contribution in [3.05, 3.63) is 87.1 Å². The Bertz CT molecular complexity index is 1480. The first-order valence-electron chi connectivity index (χ1n) is 10.3. The van der Waals surface area contributed by atoms with Crippen molar-refractivity contribution in [1.29, 1.82) is 0 Å². The Balaban J connectivity index is 1.69. The van der Waals surface area contributed by atoms with Crippen molar-refractivity contribution in [2.45, 2.75) is 26.8 Å². The first kappa shape index (κ1) is 20.1. The summed E-state index contributed by atoms with van der Waals surface area (Å²) in [6, 6.07) is 17.0. The molecule has 0 bridgehead atoms. The molecular weight excluding hydrogens is 426 g/mol. The Morgan fingerprint density at radius 3 is 2.53 bits per heavy atom. The van der Waals surface area contributed by atoms with Crippen molar-refractivity contribution < 1.29 is 0 Å². The minimum atomic E-state index is -0.198. The van der Waals surface area contributed by atoms with Gasteiger partial charge in [-0.3, -0.25) is 9.89 Å². The van der Waals surface area contributed by atoms with Gasteiger partial charge in [-0.15, -0.1) is 5.10 Å². The van der Waals surface area contributed by atoms with Crippen LogP contribution >= 0.6 is 11.6 Å². The zero-order valence-electron chi connectivity index (χ0n) is 17.6. The molecule has 3 aromatic heterocycles. The number of nitrogens with one attached hydrogen (secondary N) is 1. The maximum absolute atomic E-state index is 13.4. The van der Waals surface area contributed by atoms with Gasteiger partial charge in [0.2, 0.25) is 0 Å². The molecule has 5 aromatic rings. The van der Waals surface area contributed by atoms with Gasteiger partial charge in [0.25, 0.3) is 5.56 Å². The third kappa shape index (κ3) is 3.38. The van der Waals surface area contributed by atoms with Gasteiger partial charge in [-0.1, -0.05) is 60.1 Å². The Kier molecular flexibility index (Phi) is 5.07. The van der Waals surface area contributed by atoms with E-state index in [9.17, 15) is 4.79 Å². The van der Waals surface area contributed by atoms with Crippen molar-refractivity contribution in [3.8, 4) is 16.9 Å². The molecule has 32 heavy (non-hydrogen) atoms. The zero-order valence-corrected chi connectivity index (χ0v) is 18.3. The fraction of sp³-hybridized carbons (Fsp3) is 0.174. The summed E-state index contributed by atoms with van der Waals surface area (Å²) >= 11 is 6.34. The quantitative estimate of drug-likeness (QED) is 0.442. The van der Waals surface area contributed by atoms with Gasteiger partial charge >= 0.3 is 0 Å². The molecule has 0 radical (unpaired) electrons. The summed E-state index contributed by atoms with van der Waals surface area (Å²) in [5, 5.41) is 12.4. The predicted molar refractivity (Wildman–Crippen MR) is 123 cm³/mol. The van der Waals surface area contributed by atoms with Crippen molar-refractivity contribution in [3.63, 3.8) is 0 Å². The van der Waals surface area contributed by atoms with Crippen LogP contribution in [0.15, 0.2) is 59.4 Å². The monoisotopic (exact) mass is 445 g/mol. The number of hydrogen-bond donors (Lipinski definition) is 1. The standard InChI is InChI=1S/C23H20ClN7O/c1-3-18-25-20(19-14(2)28-31(23(19)32)16-10-5-4-6-11-16)21-22(26-18)30(29-27-21)13-15-9-7-8-12-17(15)24/h4-12,28H,3,13H2,1-2H3. The maximum atomic E-state index is 13.4. The zero-order chi connectivity index (χ0) is 22.2. The van der Waals surface area contributed by atoms with Crippen LogP contribution in [-0.2, 0) is 13.0 Å². The molecule has 3 heterocycles. The Hall–Kier alpha value is -3.78. The lowest BCUT2D eigenvalue weighted by Crippen LogP contribution is -2.16. The molecule has 9 heteroatoms.